The number of fused-ring (bicyclic) bond motifs is 1. The zero-order valence-corrected chi connectivity index (χ0v) is 14.4. The van der Waals surface area contributed by atoms with E-state index in [4.69, 9.17) is 0 Å². The molecule has 0 unspecified atom stereocenters. The first-order chi connectivity index (χ1) is 10.8. The largest absolute Gasteiger partial charge is 0.346 e. The van der Waals surface area contributed by atoms with Gasteiger partial charge < -0.3 is 10.6 Å². The maximum atomic E-state index is 12.4. The van der Waals surface area contributed by atoms with Crippen molar-refractivity contribution in [2.24, 2.45) is 0 Å². The Labute approximate surface area is 139 Å². The van der Waals surface area contributed by atoms with Crippen molar-refractivity contribution >= 4 is 39.1 Å². The molecule has 1 aromatic rings. The van der Waals surface area contributed by atoms with E-state index in [1.165, 1.54) is 0 Å². The summed E-state index contributed by atoms with van der Waals surface area (Å²) in [7, 11) is -3.08. The van der Waals surface area contributed by atoms with Crippen molar-refractivity contribution in [3.05, 3.63) is 23.8 Å². The van der Waals surface area contributed by atoms with Gasteiger partial charge in [0.2, 0.25) is 5.91 Å². The van der Waals surface area contributed by atoms with Crippen LogP contribution in [-0.2, 0) is 14.6 Å². The molecule has 2 aliphatic heterocycles. The second-order valence-corrected chi connectivity index (χ2v) is 9.54. The summed E-state index contributed by atoms with van der Waals surface area (Å²) in [6.45, 7) is 1.75. The zero-order valence-electron chi connectivity index (χ0n) is 12.7. The fourth-order valence-corrected chi connectivity index (χ4v) is 5.85. The highest BCUT2D eigenvalue weighted by molar-refractivity contribution is 7.99. The number of thioether (sulfide) groups is 1. The summed E-state index contributed by atoms with van der Waals surface area (Å²) in [5, 5.41) is 5.62. The molecule has 2 amide bonds. The molecule has 0 bridgehead atoms. The van der Waals surface area contributed by atoms with Crippen LogP contribution in [0.1, 0.15) is 30.1 Å². The number of nitrogens with one attached hydrogen (secondary N) is 2. The molecule has 2 heterocycles. The molecule has 2 N–H and O–H groups in total. The van der Waals surface area contributed by atoms with E-state index in [1.807, 2.05) is 6.07 Å². The first kappa shape index (κ1) is 16.3. The quantitative estimate of drug-likeness (QED) is 0.838. The average Bonchev–Trinajstić information content (AvgIpc) is 2.63. The van der Waals surface area contributed by atoms with E-state index in [-0.39, 0.29) is 23.3 Å². The van der Waals surface area contributed by atoms with E-state index >= 15 is 0 Å². The molecule has 0 aliphatic carbocycles. The Morgan fingerprint density at radius 2 is 2.17 bits per heavy atom. The molecule has 8 heteroatoms. The lowest BCUT2D eigenvalue weighted by atomic mass is 10.0. The van der Waals surface area contributed by atoms with Crippen molar-refractivity contribution < 1.29 is 18.0 Å². The van der Waals surface area contributed by atoms with E-state index in [0.29, 0.717) is 29.8 Å². The minimum Gasteiger partial charge on any atom is -0.346 e. The molecule has 1 fully saturated rings. The number of hydrogen-bond acceptors (Lipinski definition) is 5. The van der Waals surface area contributed by atoms with Gasteiger partial charge >= 0.3 is 0 Å². The average molecular weight is 354 g/mol. The first-order valence-corrected chi connectivity index (χ1v) is 10.2. The molecule has 1 atom stereocenters. The van der Waals surface area contributed by atoms with Gasteiger partial charge in [-0.15, -0.1) is 11.8 Å². The minimum atomic E-state index is -3.08. The van der Waals surface area contributed by atoms with E-state index < -0.39 is 15.4 Å². The number of carbonyl (C=O) groups excluding carboxylic acids is 2. The van der Waals surface area contributed by atoms with Crippen LogP contribution in [-0.4, -0.2) is 43.0 Å². The van der Waals surface area contributed by atoms with Gasteiger partial charge in [0.1, 0.15) is 0 Å². The number of rotatable bonds is 2. The Hall–Kier alpha value is -1.54. The lowest BCUT2D eigenvalue weighted by Crippen LogP contribution is -2.46. The standard InChI is InChI=1S/C15H18N2O4S2/c1-15(5-7-23(20,21)9-15)17-14(19)10-2-3-12-11(8-10)16-13(18)4-6-22-12/h2-3,8H,4-7,9H2,1H3,(H,16,18)(H,17,19)/t15-/m1/s1. The van der Waals surface area contributed by atoms with Crippen LogP contribution in [0.5, 0.6) is 0 Å². The SMILES string of the molecule is C[C@@]1(NC(=O)c2ccc3c(c2)NC(=O)CCS3)CCS(=O)(=O)C1. The smallest absolute Gasteiger partial charge is 0.251 e. The van der Waals surface area contributed by atoms with Crippen molar-refractivity contribution in [2.45, 2.75) is 30.2 Å². The lowest BCUT2D eigenvalue weighted by molar-refractivity contribution is -0.115. The summed E-state index contributed by atoms with van der Waals surface area (Å²) >= 11 is 1.57. The summed E-state index contributed by atoms with van der Waals surface area (Å²) in [4.78, 5) is 25.0. The van der Waals surface area contributed by atoms with Gasteiger partial charge in [-0.3, -0.25) is 9.59 Å². The van der Waals surface area contributed by atoms with E-state index in [1.54, 1.807) is 30.8 Å². The van der Waals surface area contributed by atoms with Crippen LogP contribution in [0.3, 0.4) is 0 Å². The number of carbonyl (C=O) groups is 2. The van der Waals surface area contributed by atoms with Crippen molar-refractivity contribution in [2.75, 3.05) is 22.6 Å². The molecule has 3 rings (SSSR count). The van der Waals surface area contributed by atoms with E-state index in [0.717, 1.165) is 4.90 Å². The summed E-state index contributed by atoms with van der Waals surface area (Å²) in [5.74, 6) is 0.378. The summed E-state index contributed by atoms with van der Waals surface area (Å²) in [6.07, 6.45) is 0.857. The van der Waals surface area contributed by atoms with Gasteiger partial charge in [0.15, 0.2) is 9.84 Å². The Bertz CT molecular complexity index is 776. The third-order valence-corrected chi connectivity index (χ3v) is 7.00. The topological polar surface area (TPSA) is 92.3 Å². The van der Waals surface area contributed by atoms with Crippen LogP contribution >= 0.6 is 11.8 Å². The molecule has 1 saturated heterocycles. The van der Waals surface area contributed by atoms with Crippen LogP contribution in [0.4, 0.5) is 5.69 Å². The molecular formula is C15H18N2O4S2. The predicted molar refractivity (Wildman–Crippen MR) is 89.6 cm³/mol. The number of anilines is 1. The highest BCUT2D eigenvalue weighted by Gasteiger charge is 2.39. The molecule has 1 aromatic carbocycles. The van der Waals surface area contributed by atoms with Gasteiger partial charge in [-0.1, -0.05) is 0 Å². The van der Waals surface area contributed by atoms with Crippen molar-refractivity contribution in [3.8, 4) is 0 Å². The molecule has 6 nitrogen and oxygen atoms in total. The van der Waals surface area contributed by atoms with E-state index in [2.05, 4.69) is 10.6 Å². The number of amides is 2. The van der Waals surface area contributed by atoms with E-state index in [9.17, 15) is 18.0 Å². The number of sulfone groups is 1. The summed E-state index contributed by atoms with van der Waals surface area (Å²) in [5.41, 5.74) is 0.312. The molecule has 0 saturated carbocycles. The Morgan fingerprint density at radius 3 is 2.87 bits per heavy atom. The molecule has 23 heavy (non-hydrogen) atoms. The highest BCUT2D eigenvalue weighted by atomic mass is 32.2. The van der Waals surface area contributed by atoms with Gasteiger partial charge in [-0.2, -0.15) is 0 Å². The third kappa shape index (κ3) is 3.69. The predicted octanol–water partition coefficient (Wildman–Crippen LogP) is 1.43. The van der Waals surface area contributed by atoms with Gasteiger partial charge in [0.05, 0.1) is 22.7 Å². The van der Waals surface area contributed by atoms with Gasteiger partial charge in [-0.25, -0.2) is 8.42 Å². The van der Waals surface area contributed by atoms with Crippen LogP contribution in [0.25, 0.3) is 0 Å². The second kappa shape index (κ2) is 5.83. The van der Waals surface area contributed by atoms with Gasteiger partial charge in [-0.05, 0) is 31.5 Å². The molecule has 0 spiro atoms. The maximum Gasteiger partial charge on any atom is 0.251 e. The Morgan fingerprint density at radius 1 is 1.39 bits per heavy atom. The number of hydrogen-bond donors (Lipinski definition) is 2. The van der Waals surface area contributed by atoms with Crippen molar-refractivity contribution in [1.29, 1.82) is 0 Å². The Kier molecular flexibility index (Phi) is 4.14. The summed E-state index contributed by atoms with van der Waals surface area (Å²) < 4.78 is 23.3. The Balaban J connectivity index is 1.79. The van der Waals surface area contributed by atoms with Crippen LogP contribution in [0.15, 0.2) is 23.1 Å². The third-order valence-electron chi connectivity index (χ3n) is 4.02. The minimum absolute atomic E-state index is 0.0384. The monoisotopic (exact) mass is 354 g/mol. The lowest BCUT2D eigenvalue weighted by Gasteiger charge is -2.24. The number of benzene rings is 1. The second-order valence-electron chi connectivity index (χ2n) is 6.21. The zero-order chi connectivity index (χ0) is 16.7. The van der Waals surface area contributed by atoms with Gasteiger partial charge in [0.25, 0.3) is 5.91 Å². The fraction of sp³-hybridized carbons (Fsp3) is 0.467. The van der Waals surface area contributed by atoms with Gasteiger partial charge in [0, 0.05) is 22.6 Å². The van der Waals surface area contributed by atoms with Crippen LogP contribution < -0.4 is 10.6 Å². The van der Waals surface area contributed by atoms with Crippen molar-refractivity contribution in [1.82, 2.24) is 5.32 Å². The molecule has 0 aromatic heterocycles. The summed E-state index contributed by atoms with van der Waals surface area (Å²) in [6, 6.07) is 5.16. The van der Waals surface area contributed by atoms with Crippen LogP contribution in [0, 0.1) is 0 Å². The molecule has 0 radical (unpaired) electrons. The maximum absolute atomic E-state index is 12.4. The fourth-order valence-electron chi connectivity index (χ4n) is 2.82. The normalized spacial score (nSPS) is 26.0. The van der Waals surface area contributed by atoms with Crippen LogP contribution in [0.2, 0.25) is 0 Å². The molecule has 124 valence electrons. The first-order valence-electron chi connectivity index (χ1n) is 7.36. The molecular weight excluding hydrogens is 336 g/mol. The molecule has 2 aliphatic rings. The highest BCUT2D eigenvalue weighted by Crippen LogP contribution is 2.32. The van der Waals surface area contributed by atoms with Crippen molar-refractivity contribution in [3.63, 3.8) is 0 Å².